The summed E-state index contributed by atoms with van der Waals surface area (Å²) in [5.74, 6) is -0.113. The van der Waals surface area contributed by atoms with Crippen LogP contribution in [0.2, 0.25) is 0 Å². The molecule has 1 aliphatic heterocycles. The molecule has 1 rings (SSSR count). The van der Waals surface area contributed by atoms with Crippen LogP contribution in [0.4, 0.5) is 0 Å². The molecule has 5 nitrogen and oxygen atoms in total. The number of aliphatic hydroxyl groups is 2. The van der Waals surface area contributed by atoms with Gasteiger partial charge in [-0.1, -0.05) is 0 Å². The van der Waals surface area contributed by atoms with Crippen LogP contribution < -0.4 is 10.6 Å². The smallest absolute Gasteiger partial charge is 0.227 e. The van der Waals surface area contributed by atoms with Gasteiger partial charge in [0.1, 0.15) is 0 Å². The number of aliphatic hydroxyl groups excluding tert-OH is 2. The lowest BCUT2D eigenvalue weighted by Gasteiger charge is -2.31. The third-order valence-corrected chi connectivity index (χ3v) is 3.03. The molecule has 88 valence electrons. The number of hydrogen-bond donors (Lipinski definition) is 4. The van der Waals surface area contributed by atoms with Crippen LogP contribution in [0.1, 0.15) is 20.3 Å². The predicted molar refractivity (Wildman–Crippen MR) is 56.3 cm³/mol. The average molecular weight is 216 g/mol. The fourth-order valence-corrected chi connectivity index (χ4v) is 1.56. The van der Waals surface area contributed by atoms with E-state index in [-0.39, 0.29) is 19.1 Å². The van der Waals surface area contributed by atoms with Gasteiger partial charge in [-0.25, -0.2) is 0 Å². The Labute approximate surface area is 89.9 Å². The van der Waals surface area contributed by atoms with Crippen molar-refractivity contribution in [1.82, 2.24) is 10.6 Å². The lowest BCUT2D eigenvalue weighted by molar-refractivity contribution is -0.132. The molecular formula is C10H20N2O3. The van der Waals surface area contributed by atoms with Gasteiger partial charge in [0.05, 0.1) is 24.2 Å². The predicted octanol–water partition coefficient (Wildman–Crippen LogP) is -1.15. The van der Waals surface area contributed by atoms with Crippen LogP contribution in [0.3, 0.4) is 0 Å². The third-order valence-electron chi connectivity index (χ3n) is 3.03. The fourth-order valence-electron chi connectivity index (χ4n) is 1.56. The quantitative estimate of drug-likeness (QED) is 0.478. The van der Waals surface area contributed by atoms with Crippen molar-refractivity contribution in [2.24, 2.45) is 5.41 Å². The second kappa shape index (κ2) is 4.47. The van der Waals surface area contributed by atoms with Crippen LogP contribution in [0.15, 0.2) is 0 Å². The lowest BCUT2D eigenvalue weighted by Crippen LogP contribution is -2.56. The van der Waals surface area contributed by atoms with E-state index in [1.807, 2.05) is 6.92 Å². The SMILES string of the molecule is CC(CO)(CO)NC(=O)C1(C)CCNC1. The van der Waals surface area contributed by atoms with E-state index in [2.05, 4.69) is 10.6 Å². The Morgan fingerprint density at radius 1 is 1.53 bits per heavy atom. The van der Waals surface area contributed by atoms with Crippen molar-refractivity contribution in [3.63, 3.8) is 0 Å². The highest BCUT2D eigenvalue weighted by Gasteiger charge is 2.39. The Kier molecular flexibility index (Phi) is 3.70. The Hall–Kier alpha value is -0.650. The molecule has 0 saturated carbocycles. The average Bonchev–Trinajstić information content (AvgIpc) is 2.66. The Morgan fingerprint density at radius 2 is 2.13 bits per heavy atom. The Balaban J connectivity index is 2.61. The number of amides is 1. The number of nitrogens with one attached hydrogen (secondary N) is 2. The van der Waals surface area contributed by atoms with E-state index in [0.717, 1.165) is 13.0 Å². The summed E-state index contributed by atoms with van der Waals surface area (Å²) in [6.07, 6.45) is 0.784. The van der Waals surface area contributed by atoms with Gasteiger partial charge in [-0.05, 0) is 26.8 Å². The zero-order chi connectivity index (χ0) is 11.5. The van der Waals surface area contributed by atoms with Crippen molar-refractivity contribution in [3.05, 3.63) is 0 Å². The molecule has 0 aromatic carbocycles. The first-order chi connectivity index (χ1) is 6.96. The van der Waals surface area contributed by atoms with Gasteiger partial charge in [0.2, 0.25) is 5.91 Å². The first-order valence-electron chi connectivity index (χ1n) is 5.21. The molecule has 15 heavy (non-hydrogen) atoms. The van der Waals surface area contributed by atoms with E-state index in [0.29, 0.717) is 6.54 Å². The van der Waals surface area contributed by atoms with E-state index in [1.54, 1.807) is 6.92 Å². The minimum atomic E-state index is -0.928. The minimum absolute atomic E-state index is 0.113. The fraction of sp³-hybridized carbons (Fsp3) is 0.900. The maximum absolute atomic E-state index is 11.9. The highest BCUT2D eigenvalue weighted by molar-refractivity contribution is 5.83. The van der Waals surface area contributed by atoms with Crippen LogP contribution in [-0.2, 0) is 4.79 Å². The van der Waals surface area contributed by atoms with Gasteiger partial charge in [0, 0.05) is 6.54 Å². The second-order valence-electron chi connectivity index (χ2n) is 4.82. The zero-order valence-corrected chi connectivity index (χ0v) is 9.34. The van der Waals surface area contributed by atoms with Gasteiger partial charge in [-0.3, -0.25) is 4.79 Å². The van der Waals surface area contributed by atoms with E-state index in [9.17, 15) is 4.79 Å². The molecule has 1 heterocycles. The molecule has 0 spiro atoms. The first kappa shape index (κ1) is 12.4. The van der Waals surface area contributed by atoms with Crippen molar-refractivity contribution in [3.8, 4) is 0 Å². The molecule has 0 aliphatic carbocycles. The van der Waals surface area contributed by atoms with Crippen molar-refractivity contribution < 1.29 is 15.0 Å². The van der Waals surface area contributed by atoms with Crippen LogP contribution >= 0.6 is 0 Å². The monoisotopic (exact) mass is 216 g/mol. The van der Waals surface area contributed by atoms with E-state index in [1.165, 1.54) is 0 Å². The van der Waals surface area contributed by atoms with Crippen molar-refractivity contribution in [1.29, 1.82) is 0 Å². The molecule has 1 unspecified atom stereocenters. The highest BCUT2D eigenvalue weighted by Crippen LogP contribution is 2.25. The molecule has 0 radical (unpaired) electrons. The molecule has 0 aromatic rings. The molecule has 0 bridgehead atoms. The topological polar surface area (TPSA) is 81.6 Å². The molecular weight excluding hydrogens is 196 g/mol. The summed E-state index contributed by atoms with van der Waals surface area (Å²) in [5, 5.41) is 24.0. The lowest BCUT2D eigenvalue weighted by atomic mass is 9.87. The summed E-state index contributed by atoms with van der Waals surface area (Å²) in [5.41, 5.74) is -1.35. The maximum Gasteiger partial charge on any atom is 0.227 e. The summed E-state index contributed by atoms with van der Waals surface area (Å²) in [7, 11) is 0. The van der Waals surface area contributed by atoms with Crippen molar-refractivity contribution in [2.75, 3.05) is 26.3 Å². The summed E-state index contributed by atoms with van der Waals surface area (Å²) >= 11 is 0. The van der Waals surface area contributed by atoms with Gasteiger partial charge in [0.15, 0.2) is 0 Å². The molecule has 1 amide bonds. The maximum atomic E-state index is 11.9. The van der Waals surface area contributed by atoms with Crippen LogP contribution in [0.25, 0.3) is 0 Å². The number of carbonyl (C=O) groups excluding carboxylic acids is 1. The summed E-state index contributed by atoms with van der Waals surface area (Å²) in [6.45, 7) is 4.45. The minimum Gasteiger partial charge on any atom is -0.394 e. The normalized spacial score (nSPS) is 26.7. The van der Waals surface area contributed by atoms with Gasteiger partial charge in [0.25, 0.3) is 0 Å². The molecule has 1 atom stereocenters. The number of hydrogen-bond acceptors (Lipinski definition) is 4. The van der Waals surface area contributed by atoms with Crippen molar-refractivity contribution >= 4 is 5.91 Å². The molecule has 1 aliphatic rings. The third kappa shape index (κ3) is 2.68. The van der Waals surface area contributed by atoms with Crippen molar-refractivity contribution in [2.45, 2.75) is 25.8 Å². The molecule has 1 fully saturated rings. The van der Waals surface area contributed by atoms with Crippen LogP contribution in [-0.4, -0.2) is 48.0 Å². The van der Waals surface area contributed by atoms with Gasteiger partial charge in [-0.15, -0.1) is 0 Å². The molecule has 4 N–H and O–H groups in total. The molecule has 1 saturated heterocycles. The van der Waals surface area contributed by atoms with E-state index >= 15 is 0 Å². The standard InChI is InChI=1S/C10H20N2O3/c1-9(3-4-11-5-9)8(15)12-10(2,6-13)7-14/h11,13-14H,3-7H2,1-2H3,(H,12,15). The number of rotatable bonds is 4. The van der Waals surface area contributed by atoms with E-state index < -0.39 is 11.0 Å². The second-order valence-corrected chi connectivity index (χ2v) is 4.82. The van der Waals surface area contributed by atoms with Crippen LogP contribution in [0, 0.1) is 5.41 Å². The molecule has 5 heteroatoms. The van der Waals surface area contributed by atoms with Gasteiger partial charge >= 0.3 is 0 Å². The number of carbonyl (C=O) groups is 1. The highest BCUT2D eigenvalue weighted by atomic mass is 16.3. The molecule has 0 aromatic heterocycles. The van der Waals surface area contributed by atoms with Gasteiger partial charge in [-0.2, -0.15) is 0 Å². The summed E-state index contributed by atoms with van der Waals surface area (Å²) < 4.78 is 0. The Bertz CT molecular complexity index is 233. The largest absolute Gasteiger partial charge is 0.394 e. The summed E-state index contributed by atoms with van der Waals surface area (Å²) in [6, 6.07) is 0. The Morgan fingerprint density at radius 3 is 2.53 bits per heavy atom. The summed E-state index contributed by atoms with van der Waals surface area (Å²) in [4.78, 5) is 11.9. The zero-order valence-electron chi connectivity index (χ0n) is 9.34. The van der Waals surface area contributed by atoms with Crippen LogP contribution in [0.5, 0.6) is 0 Å². The van der Waals surface area contributed by atoms with E-state index in [4.69, 9.17) is 10.2 Å². The van der Waals surface area contributed by atoms with Gasteiger partial charge < -0.3 is 20.8 Å². The first-order valence-corrected chi connectivity index (χ1v) is 5.21.